The molecule has 3 aromatic carbocycles. The maximum atomic E-state index is 13.9. The van der Waals surface area contributed by atoms with Crippen molar-refractivity contribution in [3.63, 3.8) is 0 Å². The molecule has 3 rings (SSSR count). The van der Waals surface area contributed by atoms with Gasteiger partial charge in [0.2, 0.25) is 0 Å². The van der Waals surface area contributed by atoms with Crippen LogP contribution in [0.4, 0.5) is 10.1 Å². The van der Waals surface area contributed by atoms with Gasteiger partial charge in [-0.2, -0.15) is 0 Å². The van der Waals surface area contributed by atoms with E-state index in [0.717, 1.165) is 14.8 Å². The molecule has 0 aliphatic carbocycles. The lowest BCUT2D eigenvalue weighted by Crippen LogP contribution is -2.03. The Morgan fingerprint density at radius 2 is 1.79 bits per heavy atom. The molecule has 0 atom stereocenters. The summed E-state index contributed by atoms with van der Waals surface area (Å²) in [7, 11) is 0. The van der Waals surface area contributed by atoms with Crippen LogP contribution in [-0.4, -0.2) is 12.8 Å². The van der Waals surface area contributed by atoms with Crippen molar-refractivity contribution in [2.45, 2.75) is 27.4 Å². The van der Waals surface area contributed by atoms with Crippen molar-refractivity contribution in [2.75, 3.05) is 6.61 Å². The minimum absolute atomic E-state index is 0.138. The van der Waals surface area contributed by atoms with Crippen molar-refractivity contribution < 1.29 is 13.9 Å². The Hall–Kier alpha value is -2.41. The molecule has 0 saturated carbocycles. The second kappa shape index (κ2) is 9.87. The topological polar surface area (TPSA) is 30.8 Å². The zero-order valence-corrected chi connectivity index (χ0v) is 18.9. The molecule has 150 valence electrons. The van der Waals surface area contributed by atoms with E-state index in [2.05, 4.69) is 53.6 Å². The fourth-order valence-electron chi connectivity index (χ4n) is 2.79. The monoisotopic (exact) mass is 503 g/mol. The third kappa shape index (κ3) is 5.56. The summed E-state index contributed by atoms with van der Waals surface area (Å²) in [5.41, 5.74) is 4.77. The second-order valence-electron chi connectivity index (χ2n) is 6.67. The predicted octanol–water partition coefficient (Wildman–Crippen LogP) is 6.78. The molecule has 0 saturated heterocycles. The quantitative estimate of drug-likeness (QED) is 0.263. The van der Waals surface area contributed by atoms with Gasteiger partial charge in [-0.05, 0) is 90.4 Å². The standard InChI is InChI=1S/C24H23FINO2/c1-4-28-23-13-18(14-27-20-10-9-16(2)17(3)11-20)12-22(26)24(23)29-15-19-7-5-6-8-21(19)25/h5-14H,4,15H2,1-3H3. The van der Waals surface area contributed by atoms with Crippen molar-refractivity contribution in [1.82, 2.24) is 0 Å². The smallest absolute Gasteiger partial charge is 0.175 e. The third-order valence-electron chi connectivity index (χ3n) is 4.51. The third-order valence-corrected chi connectivity index (χ3v) is 5.32. The Morgan fingerprint density at radius 3 is 2.52 bits per heavy atom. The Morgan fingerprint density at radius 1 is 1.00 bits per heavy atom. The molecule has 0 aromatic heterocycles. The Bertz CT molecular complexity index is 1030. The van der Waals surface area contributed by atoms with Gasteiger partial charge >= 0.3 is 0 Å². The van der Waals surface area contributed by atoms with Crippen LogP contribution in [-0.2, 0) is 6.61 Å². The van der Waals surface area contributed by atoms with Crippen LogP contribution >= 0.6 is 22.6 Å². The molecule has 29 heavy (non-hydrogen) atoms. The summed E-state index contributed by atoms with van der Waals surface area (Å²) in [5.74, 6) is 0.953. The number of benzene rings is 3. The van der Waals surface area contributed by atoms with Crippen LogP contribution in [0.25, 0.3) is 0 Å². The Labute approximate surface area is 184 Å². The number of aryl methyl sites for hydroxylation is 2. The van der Waals surface area contributed by atoms with Gasteiger partial charge in [-0.3, -0.25) is 4.99 Å². The molecular weight excluding hydrogens is 480 g/mol. The van der Waals surface area contributed by atoms with Crippen molar-refractivity contribution in [1.29, 1.82) is 0 Å². The molecule has 3 aromatic rings. The SMILES string of the molecule is CCOc1cc(C=Nc2ccc(C)c(C)c2)cc(I)c1OCc1ccccc1F. The molecule has 0 heterocycles. The molecule has 0 unspecified atom stereocenters. The van der Waals surface area contributed by atoms with Gasteiger partial charge in [0.1, 0.15) is 12.4 Å². The molecule has 0 N–H and O–H groups in total. The summed E-state index contributed by atoms with van der Waals surface area (Å²) < 4.78 is 26.5. The normalized spacial score (nSPS) is 11.1. The lowest BCUT2D eigenvalue weighted by Gasteiger charge is -2.15. The van der Waals surface area contributed by atoms with Gasteiger partial charge in [-0.25, -0.2) is 4.39 Å². The predicted molar refractivity (Wildman–Crippen MR) is 124 cm³/mol. The Balaban J connectivity index is 1.84. The molecule has 0 spiro atoms. The number of rotatable bonds is 7. The van der Waals surface area contributed by atoms with Gasteiger partial charge in [0.05, 0.1) is 15.9 Å². The minimum Gasteiger partial charge on any atom is -0.490 e. The lowest BCUT2D eigenvalue weighted by molar-refractivity contribution is 0.264. The van der Waals surface area contributed by atoms with Gasteiger partial charge in [-0.15, -0.1) is 0 Å². The van der Waals surface area contributed by atoms with E-state index in [-0.39, 0.29) is 12.4 Å². The van der Waals surface area contributed by atoms with Crippen molar-refractivity contribution in [3.05, 3.63) is 86.2 Å². The molecule has 0 radical (unpaired) electrons. The van der Waals surface area contributed by atoms with Gasteiger partial charge in [-0.1, -0.05) is 24.3 Å². The molecule has 3 nitrogen and oxygen atoms in total. The van der Waals surface area contributed by atoms with E-state index in [9.17, 15) is 4.39 Å². The fraction of sp³-hybridized carbons (Fsp3) is 0.208. The van der Waals surface area contributed by atoms with E-state index in [0.29, 0.717) is 23.7 Å². The first-order valence-electron chi connectivity index (χ1n) is 9.41. The zero-order chi connectivity index (χ0) is 20.8. The minimum atomic E-state index is -0.280. The molecule has 5 heteroatoms. The molecule has 0 aliphatic rings. The summed E-state index contributed by atoms with van der Waals surface area (Å²) in [6.45, 7) is 6.72. The highest BCUT2D eigenvalue weighted by Crippen LogP contribution is 2.35. The second-order valence-corrected chi connectivity index (χ2v) is 7.83. The molecule has 0 amide bonds. The maximum Gasteiger partial charge on any atom is 0.175 e. The van der Waals surface area contributed by atoms with Gasteiger partial charge in [0.25, 0.3) is 0 Å². The van der Waals surface area contributed by atoms with E-state index in [4.69, 9.17) is 9.47 Å². The van der Waals surface area contributed by atoms with E-state index in [1.54, 1.807) is 18.2 Å². The largest absolute Gasteiger partial charge is 0.490 e. The van der Waals surface area contributed by atoms with Gasteiger partial charge in [0.15, 0.2) is 11.5 Å². The molecule has 0 bridgehead atoms. The van der Waals surface area contributed by atoms with Crippen LogP contribution in [0.1, 0.15) is 29.2 Å². The number of aliphatic imine (C=N–C) groups is 1. The van der Waals surface area contributed by atoms with Crippen LogP contribution in [0.2, 0.25) is 0 Å². The molecule has 0 aliphatic heterocycles. The van der Waals surface area contributed by atoms with Crippen LogP contribution in [0.15, 0.2) is 59.6 Å². The van der Waals surface area contributed by atoms with Crippen LogP contribution < -0.4 is 9.47 Å². The summed E-state index contributed by atoms with van der Waals surface area (Å²) in [6.07, 6.45) is 1.81. The maximum absolute atomic E-state index is 13.9. The summed E-state index contributed by atoms with van der Waals surface area (Å²) >= 11 is 2.21. The fourth-order valence-corrected chi connectivity index (χ4v) is 3.57. The summed E-state index contributed by atoms with van der Waals surface area (Å²) in [6, 6.07) is 16.6. The van der Waals surface area contributed by atoms with Crippen LogP contribution in [0.3, 0.4) is 0 Å². The number of hydrogen-bond acceptors (Lipinski definition) is 3. The number of hydrogen-bond donors (Lipinski definition) is 0. The Kier molecular flexibility index (Phi) is 7.25. The lowest BCUT2D eigenvalue weighted by atomic mass is 10.1. The van der Waals surface area contributed by atoms with Gasteiger partial charge in [0, 0.05) is 11.8 Å². The first-order valence-corrected chi connectivity index (χ1v) is 10.5. The highest BCUT2D eigenvalue weighted by Gasteiger charge is 2.13. The average molecular weight is 503 g/mol. The van der Waals surface area contributed by atoms with Crippen molar-refractivity contribution in [2.24, 2.45) is 4.99 Å². The number of halogens is 2. The van der Waals surface area contributed by atoms with Crippen molar-refractivity contribution >= 4 is 34.5 Å². The first-order chi connectivity index (χ1) is 14.0. The van der Waals surface area contributed by atoms with E-state index in [1.807, 2.05) is 31.3 Å². The summed E-state index contributed by atoms with van der Waals surface area (Å²) in [5, 5.41) is 0. The van der Waals surface area contributed by atoms with Crippen LogP contribution in [0, 0.1) is 23.2 Å². The van der Waals surface area contributed by atoms with E-state index >= 15 is 0 Å². The van der Waals surface area contributed by atoms with E-state index in [1.165, 1.54) is 17.2 Å². The highest BCUT2D eigenvalue weighted by atomic mass is 127. The highest BCUT2D eigenvalue weighted by molar-refractivity contribution is 14.1. The summed E-state index contributed by atoms with van der Waals surface area (Å²) in [4.78, 5) is 4.58. The van der Waals surface area contributed by atoms with Crippen LogP contribution in [0.5, 0.6) is 11.5 Å². The van der Waals surface area contributed by atoms with Gasteiger partial charge < -0.3 is 9.47 Å². The van der Waals surface area contributed by atoms with Crippen molar-refractivity contribution in [3.8, 4) is 11.5 Å². The number of nitrogens with zero attached hydrogens (tertiary/aromatic N) is 1. The average Bonchev–Trinajstić information content (AvgIpc) is 2.70. The molecular formula is C24H23FINO2. The first kappa shape index (κ1) is 21.3. The number of ether oxygens (including phenoxy) is 2. The molecule has 0 fully saturated rings. The van der Waals surface area contributed by atoms with E-state index < -0.39 is 0 Å². The zero-order valence-electron chi connectivity index (χ0n) is 16.7.